The lowest BCUT2D eigenvalue weighted by atomic mass is 10.1. The van der Waals surface area contributed by atoms with Gasteiger partial charge in [0.15, 0.2) is 5.75 Å². The molecule has 0 amide bonds. The van der Waals surface area contributed by atoms with Gasteiger partial charge in [0.1, 0.15) is 10.6 Å². The summed E-state index contributed by atoms with van der Waals surface area (Å²) < 4.78 is 99.2. The Morgan fingerprint density at radius 2 is 1.74 bits per heavy atom. The van der Waals surface area contributed by atoms with Gasteiger partial charge in [-0.2, -0.15) is 25.9 Å². The second-order valence-electron chi connectivity index (χ2n) is 9.64. The van der Waals surface area contributed by atoms with Crippen LogP contribution in [0.5, 0.6) is 11.5 Å². The summed E-state index contributed by atoms with van der Waals surface area (Å²) in [6, 6.07) is 18.4. The minimum Gasteiger partial charge on any atom is -0.497 e. The van der Waals surface area contributed by atoms with E-state index in [0.29, 0.717) is 24.4 Å². The average Bonchev–Trinajstić information content (AvgIpc) is 3.04. The molecule has 1 aliphatic heterocycles. The van der Waals surface area contributed by atoms with Crippen LogP contribution in [0.1, 0.15) is 31.7 Å². The summed E-state index contributed by atoms with van der Waals surface area (Å²) in [5.74, 6) is -0.00965. The quantitative estimate of drug-likeness (QED) is 0.129. The van der Waals surface area contributed by atoms with Crippen molar-refractivity contribution in [2.24, 2.45) is 0 Å². The summed E-state index contributed by atoms with van der Waals surface area (Å²) in [5, 5.41) is 0. The largest absolute Gasteiger partial charge is 0.534 e. The number of nitrogens with zero attached hydrogens (tertiary/aromatic N) is 2. The van der Waals surface area contributed by atoms with E-state index in [-0.39, 0.29) is 16.3 Å². The van der Waals surface area contributed by atoms with Gasteiger partial charge in [-0.3, -0.25) is 9.11 Å². The van der Waals surface area contributed by atoms with Crippen LogP contribution in [0.25, 0.3) is 0 Å². The van der Waals surface area contributed by atoms with Crippen LogP contribution in [0.15, 0.2) is 76.5 Å². The summed E-state index contributed by atoms with van der Waals surface area (Å²) in [7, 11) is -8.38. The predicted octanol–water partition coefficient (Wildman–Crippen LogP) is 7.88. The van der Waals surface area contributed by atoms with Crippen molar-refractivity contribution < 1.29 is 39.6 Å². The van der Waals surface area contributed by atoms with Gasteiger partial charge in [0.25, 0.3) is 0 Å². The molecule has 0 fully saturated rings. The minimum absolute atomic E-state index is 0.0893. The highest BCUT2D eigenvalue weighted by Crippen LogP contribution is 2.61. The van der Waals surface area contributed by atoms with E-state index in [1.807, 2.05) is 42.2 Å². The molecule has 3 aromatic carbocycles. The summed E-state index contributed by atoms with van der Waals surface area (Å²) in [5.41, 5.74) is -3.85. The smallest absolute Gasteiger partial charge is 0.497 e. The second kappa shape index (κ2) is 12.9. The van der Waals surface area contributed by atoms with E-state index in [1.54, 1.807) is 34.8 Å². The maximum Gasteiger partial charge on any atom is 0.534 e. The van der Waals surface area contributed by atoms with Gasteiger partial charge in [-0.1, -0.05) is 50.1 Å². The van der Waals surface area contributed by atoms with Crippen molar-refractivity contribution in [1.82, 2.24) is 4.31 Å². The molecule has 230 valence electrons. The molecule has 0 saturated heterocycles. The topological polar surface area (TPSA) is 99.5 Å². The summed E-state index contributed by atoms with van der Waals surface area (Å²) in [4.78, 5) is 1.84. The van der Waals surface area contributed by atoms with E-state index >= 15 is 0 Å². The molecule has 2 N–H and O–H groups in total. The first-order chi connectivity index (χ1) is 19.8. The third-order valence-electron chi connectivity index (χ3n) is 6.90. The minimum atomic E-state index is -6.02. The van der Waals surface area contributed by atoms with Gasteiger partial charge in [-0.15, -0.1) is 22.5 Å². The summed E-state index contributed by atoms with van der Waals surface area (Å²) in [6.45, 7) is 2.46. The molecule has 3 aromatic rings. The SMILES string of the molecule is CCCCC1CN(c2ccccc2)c2cc(SC)c(OS(=O)(=O)C(F)(F)F)cc2S(O)(O)N1Cc1ccc(OC)cc1. The van der Waals surface area contributed by atoms with E-state index in [0.717, 1.165) is 41.9 Å². The van der Waals surface area contributed by atoms with Crippen LogP contribution in [0.3, 0.4) is 0 Å². The predicted molar refractivity (Wildman–Crippen MR) is 160 cm³/mol. The Balaban J connectivity index is 1.93. The molecule has 1 atom stereocenters. The molecule has 4 rings (SSSR count). The van der Waals surface area contributed by atoms with Crippen molar-refractivity contribution in [2.45, 2.75) is 54.1 Å². The van der Waals surface area contributed by atoms with Crippen molar-refractivity contribution in [2.75, 3.05) is 24.8 Å². The highest BCUT2D eigenvalue weighted by atomic mass is 32.3. The molecule has 0 bridgehead atoms. The molecule has 0 aromatic heterocycles. The molecular formula is C28H33F3N2O6S3. The fourth-order valence-electron chi connectivity index (χ4n) is 4.74. The number of unbranched alkanes of at least 4 members (excludes halogenated alkanes) is 1. The van der Waals surface area contributed by atoms with Gasteiger partial charge >= 0.3 is 15.6 Å². The molecule has 42 heavy (non-hydrogen) atoms. The van der Waals surface area contributed by atoms with Gasteiger partial charge in [-0.25, -0.2) is 0 Å². The van der Waals surface area contributed by atoms with Crippen molar-refractivity contribution >= 4 is 44.0 Å². The van der Waals surface area contributed by atoms with Crippen molar-refractivity contribution in [1.29, 1.82) is 0 Å². The number of para-hydroxylation sites is 1. The summed E-state index contributed by atoms with van der Waals surface area (Å²) >= 11 is 0.982. The van der Waals surface area contributed by atoms with Crippen LogP contribution in [-0.2, 0) is 16.7 Å². The highest BCUT2D eigenvalue weighted by molar-refractivity contribution is 8.22. The molecule has 1 unspecified atom stereocenters. The third kappa shape index (κ3) is 6.79. The maximum atomic E-state index is 13.3. The molecular weight excluding hydrogens is 614 g/mol. The van der Waals surface area contributed by atoms with E-state index in [1.165, 1.54) is 13.2 Å². The lowest BCUT2D eigenvalue weighted by Crippen LogP contribution is -2.41. The first-order valence-electron chi connectivity index (χ1n) is 13.1. The van der Waals surface area contributed by atoms with Crippen LogP contribution in [-0.4, -0.2) is 53.3 Å². The number of halogens is 3. The number of ether oxygens (including phenoxy) is 1. The highest BCUT2D eigenvalue weighted by Gasteiger charge is 2.49. The Labute approximate surface area is 250 Å². The lowest BCUT2D eigenvalue weighted by Gasteiger charge is -2.45. The monoisotopic (exact) mass is 646 g/mol. The van der Waals surface area contributed by atoms with Crippen LogP contribution in [0, 0.1) is 0 Å². The number of alkyl halides is 3. The second-order valence-corrected chi connectivity index (χ2v) is 14.0. The number of hydrogen-bond acceptors (Lipinski definition) is 9. The Morgan fingerprint density at radius 1 is 1.07 bits per heavy atom. The standard InChI is InChI=1S/C28H33F3N2O6S3/c1-4-5-9-22-19-32(21-10-7-6-8-11-21)24-16-26(40-3)25(39-42(36,37)28(29,30)31)17-27(24)41(34,35)33(22)18-20-12-14-23(38-2)15-13-20/h6-8,10-17,22,34-35H,4-5,9,18-19H2,1-3H3. The van der Waals surface area contributed by atoms with Crippen LogP contribution in [0.2, 0.25) is 0 Å². The number of hydrogen-bond donors (Lipinski definition) is 2. The maximum absolute atomic E-state index is 13.3. The Hall–Kier alpha value is -2.62. The lowest BCUT2D eigenvalue weighted by molar-refractivity contribution is -0.0500. The van der Waals surface area contributed by atoms with Crippen LogP contribution in [0.4, 0.5) is 24.5 Å². The van der Waals surface area contributed by atoms with Crippen molar-refractivity contribution in [3.8, 4) is 11.5 Å². The van der Waals surface area contributed by atoms with E-state index in [2.05, 4.69) is 4.18 Å². The van der Waals surface area contributed by atoms with Gasteiger partial charge in [0.05, 0.1) is 17.7 Å². The number of thioether (sulfide) groups is 1. The van der Waals surface area contributed by atoms with Crippen molar-refractivity contribution in [3.05, 3.63) is 72.3 Å². The first-order valence-corrected chi connectivity index (χ1v) is 17.2. The Bertz CT molecular complexity index is 1470. The van der Waals surface area contributed by atoms with E-state index < -0.39 is 38.2 Å². The molecule has 0 radical (unpaired) electrons. The van der Waals surface area contributed by atoms with E-state index in [9.17, 15) is 30.7 Å². The number of methoxy groups -OCH3 is 1. The van der Waals surface area contributed by atoms with Crippen LogP contribution >= 0.6 is 22.5 Å². The molecule has 0 saturated carbocycles. The number of anilines is 2. The first kappa shape index (κ1) is 32.3. The Kier molecular flexibility index (Phi) is 9.95. The molecule has 14 heteroatoms. The summed E-state index contributed by atoms with van der Waals surface area (Å²) in [6.07, 6.45) is 3.80. The fourth-order valence-corrected chi connectivity index (χ4v) is 7.68. The van der Waals surface area contributed by atoms with Gasteiger partial charge in [-0.05, 0) is 48.6 Å². The fraction of sp³-hybridized carbons (Fsp3) is 0.357. The zero-order chi connectivity index (χ0) is 30.7. The van der Waals surface area contributed by atoms with Gasteiger partial charge < -0.3 is 13.8 Å². The Morgan fingerprint density at radius 3 is 2.31 bits per heavy atom. The van der Waals surface area contributed by atoms with Crippen LogP contribution < -0.4 is 13.8 Å². The third-order valence-corrected chi connectivity index (χ3v) is 10.6. The van der Waals surface area contributed by atoms with E-state index in [4.69, 9.17) is 4.74 Å². The number of benzene rings is 3. The zero-order valence-electron chi connectivity index (χ0n) is 23.2. The molecule has 1 heterocycles. The molecule has 0 aliphatic carbocycles. The normalized spacial score (nSPS) is 18.2. The number of fused-ring (bicyclic) bond motifs is 1. The molecule has 1 aliphatic rings. The number of rotatable bonds is 10. The molecule has 0 spiro atoms. The average molecular weight is 647 g/mol. The zero-order valence-corrected chi connectivity index (χ0v) is 25.7. The van der Waals surface area contributed by atoms with Crippen molar-refractivity contribution in [3.63, 3.8) is 0 Å². The van der Waals surface area contributed by atoms with Gasteiger partial charge in [0.2, 0.25) is 0 Å². The van der Waals surface area contributed by atoms with Gasteiger partial charge in [0, 0.05) is 30.9 Å². The molecule has 8 nitrogen and oxygen atoms in total.